The number of para-hydroxylation sites is 1. The van der Waals surface area contributed by atoms with E-state index in [-0.39, 0.29) is 11.5 Å². The zero-order valence-corrected chi connectivity index (χ0v) is 9.97. The van der Waals surface area contributed by atoms with Gasteiger partial charge in [-0.25, -0.2) is 5.48 Å². The van der Waals surface area contributed by atoms with E-state index in [1.807, 2.05) is 6.07 Å². The molecule has 1 heterocycles. The van der Waals surface area contributed by atoms with Gasteiger partial charge >= 0.3 is 0 Å². The smallest absolute Gasteiger partial charge is 0.212 e. The number of nitrogens with one attached hydrogen (secondary N) is 1. The molecule has 1 aliphatic rings. The van der Waals surface area contributed by atoms with E-state index in [9.17, 15) is 15.3 Å². The van der Waals surface area contributed by atoms with Crippen LogP contribution in [0.15, 0.2) is 24.3 Å². The summed E-state index contributed by atoms with van der Waals surface area (Å²) < 4.78 is 5.11. The van der Waals surface area contributed by atoms with Gasteiger partial charge in [0.15, 0.2) is 5.75 Å². The minimum Gasteiger partial charge on any atom is -0.502 e. The molecule has 0 bridgehead atoms. The first-order chi connectivity index (χ1) is 9.15. The fourth-order valence-corrected chi connectivity index (χ4v) is 2.11. The minimum atomic E-state index is -0.684. The van der Waals surface area contributed by atoms with Crippen LogP contribution < -0.4 is 15.1 Å². The van der Waals surface area contributed by atoms with Crippen molar-refractivity contribution in [1.82, 2.24) is 0 Å². The van der Waals surface area contributed by atoms with Crippen molar-refractivity contribution < 1.29 is 24.9 Å². The highest BCUT2D eigenvalue weighted by Gasteiger charge is 2.30. The molecule has 0 aliphatic carbocycles. The minimum absolute atomic E-state index is 0.00542. The monoisotopic (exact) mass is 261 g/mol. The van der Waals surface area contributed by atoms with E-state index in [4.69, 9.17) is 9.57 Å². The van der Waals surface area contributed by atoms with Gasteiger partial charge in [-0.3, -0.25) is 0 Å². The molecule has 0 radical (unpaired) electrons. The molecule has 98 valence electrons. The largest absolute Gasteiger partial charge is 0.502 e. The summed E-state index contributed by atoms with van der Waals surface area (Å²) in [6.07, 6.45) is 0. The van der Waals surface area contributed by atoms with Gasteiger partial charge in [-0.15, -0.1) is 0 Å². The molecule has 1 aliphatic heterocycles. The lowest BCUT2D eigenvalue weighted by Gasteiger charge is -2.24. The third kappa shape index (κ3) is 1.43. The lowest BCUT2D eigenvalue weighted by Crippen LogP contribution is -2.12. The summed E-state index contributed by atoms with van der Waals surface area (Å²) in [5.41, 5.74) is 4.38. The Morgan fingerprint density at radius 3 is 2.53 bits per heavy atom. The Morgan fingerprint density at radius 2 is 1.79 bits per heavy atom. The summed E-state index contributed by atoms with van der Waals surface area (Å²) in [5.74, 6) is -1.71. The molecule has 2 aromatic carbocycles. The molecule has 4 N–H and O–H groups in total. The standard InChI is InChI=1S/C13H11NO5/c1-18-12-8-6-4-2-3-5-7(6)14-19-13(8)11(17)9(15)10(12)16/h2-5,14-17H,1H3. The van der Waals surface area contributed by atoms with Crippen LogP contribution in [0.1, 0.15) is 0 Å². The van der Waals surface area contributed by atoms with Crippen molar-refractivity contribution in [3.63, 3.8) is 0 Å². The maximum atomic E-state index is 9.85. The zero-order chi connectivity index (χ0) is 13.6. The predicted octanol–water partition coefficient (Wildman–Crippen LogP) is 2.20. The average Bonchev–Trinajstić information content (AvgIpc) is 2.45. The molecule has 3 rings (SSSR count). The molecule has 0 amide bonds. The van der Waals surface area contributed by atoms with Crippen LogP contribution >= 0.6 is 0 Å². The first-order valence-electron chi connectivity index (χ1n) is 5.52. The van der Waals surface area contributed by atoms with Crippen molar-refractivity contribution in [2.24, 2.45) is 0 Å². The molecular weight excluding hydrogens is 250 g/mol. The zero-order valence-electron chi connectivity index (χ0n) is 9.97. The van der Waals surface area contributed by atoms with E-state index in [2.05, 4.69) is 5.48 Å². The number of hydrogen-bond donors (Lipinski definition) is 4. The van der Waals surface area contributed by atoms with E-state index in [1.165, 1.54) is 7.11 Å². The van der Waals surface area contributed by atoms with Gasteiger partial charge in [0.1, 0.15) is 0 Å². The first-order valence-corrected chi connectivity index (χ1v) is 5.52. The molecule has 19 heavy (non-hydrogen) atoms. The Hall–Kier alpha value is -2.76. The molecule has 6 heteroatoms. The van der Waals surface area contributed by atoms with Gasteiger partial charge in [-0.1, -0.05) is 18.2 Å². The molecule has 0 spiro atoms. The van der Waals surface area contributed by atoms with Crippen molar-refractivity contribution in [2.75, 3.05) is 12.6 Å². The molecule has 6 nitrogen and oxygen atoms in total. The maximum Gasteiger partial charge on any atom is 0.212 e. The second kappa shape index (κ2) is 3.88. The molecule has 0 atom stereocenters. The van der Waals surface area contributed by atoms with Gasteiger partial charge < -0.3 is 24.9 Å². The molecule has 0 fully saturated rings. The van der Waals surface area contributed by atoms with E-state index in [0.717, 1.165) is 0 Å². The number of rotatable bonds is 1. The predicted molar refractivity (Wildman–Crippen MR) is 67.7 cm³/mol. The molecule has 0 saturated carbocycles. The number of aromatic hydroxyl groups is 3. The Morgan fingerprint density at radius 1 is 1.05 bits per heavy atom. The van der Waals surface area contributed by atoms with Crippen LogP contribution in [0.3, 0.4) is 0 Å². The second-order valence-corrected chi connectivity index (χ2v) is 4.03. The van der Waals surface area contributed by atoms with Crippen molar-refractivity contribution in [2.45, 2.75) is 0 Å². The highest BCUT2D eigenvalue weighted by molar-refractivity contribution is 5.92. The topological polar surface area (TPSA) is 91.2 Å². The number of anilines is 1. The quantitative estimate of drug-likeness (QED) is 0.588. The highest BCUT2D eigenvalue weighted by Crippen LogP contribution is 2.58. The molecule has 0 unspecified atom stereocenters. The SMILES string of the molecule is COc1c(O)c(O)c(O)c2c1-c1ccccc1NO2. The third-order valence-electron chi connectivity index (χ3n) is 3.00. The van der Waals surface area contributed by atoms with Crippen molar-refractivity contribution >= 4 is 5.69 Å². The number of phenols is 3. The number of fused-ring (bicyclic) bond motifs is 3. The van der Waals surface area contributed by atoms with Crippen LogP contribution in [0.5, 0.6) is 28.7 Å². The summed E-state index contributed by atoms with van der Waals surface area (Å²) in [7, 11) is 1.36. The van der Waals surface area contributed by atoms with Crippen LogP contribution in [0, 0.1) is 0 Å². The lowest BCUT2D eigenvalue weighted by atomic mass is 9.99. The summed E-state index contributed by atoms with van der Waals surface area (Å²) >= 11 is 0. The Balaban J connectivity index is 2.41. The summed E-state index contributed by atoms with van der Waals surface area (Å²) in [5, 5.41) is 29.3. The second-order valence-electron chi connectivity index (χ2n) is 4.03. The first kappa shape index (κ1) is 11.3. The van der Waals surface area contributed by atoms with Crippen LogP contribution in [0.4, 0.5) is 5.69 Å². The molecule has 0 saturated heterocycles. The van der Waals surface area contributed by atoms with Gasteiger partial charge in [0.2, 0.25) is 23.0 Å². The molecule has 2 aromatic rings. The van der Waals surface area contributed by atoms with E-state index >= 15 is 0 Å². The summed E-state index contributed by atoms with van der Waals surface area (Å²) in [6, 6.07) is 7.17. The number of benzene rings is 2. The Bertz CT molecular complexity index is 645. The fraction of sp³-hybridized carbons (Fsp3) is 0.0769. The van der Waals surface area contributed by atoms with Gasteiger partial charge in [-0.2, -0.15) is 0 Å². The van der Waals surface area contributed by atoms with Gasteiger partial charge in [0, 0.05) is 5.56 Å². The van der Waals surface area contributed by atoms with Crippen LogP contribution in [0.25, 0.3) is 11.1 Å². The Kier molecular flexibility index (Phi) is 2.31. The van der Waals surface area contributed by atoms with E-state index in [1.54, 1.807) is 18.2 Å². The molecular formula is C13H11NO5. The van der Waals surface area contributed by atoms with Crippen molar-refractivity contribution in [3.05, 3.63) is 24.3 Å². The van der Waals surface area contributed by atoms with Crippen LogP contribution in [-0.2, 0) is 0 Å². The van der Waals surface area contributed by atoms with E-state index < -0.39 is 17.2 Å². The maximum absolute atomic E-state index is 9.85. The van der Waals surface area contributed by atoms with Crippen LogP contribution in [-0.4, -0.2) is 22.4 Å². The number of ether oxygens (including phenoxy) is 1. The van der Waals surface area contributed by atoms with Gasteiger partial charge in [0.05, 0.1) is 18.4 Å². The van der Waals surface area contributed by atoms with Gasteiger partial charge in [0.25, 0.3) is 0 Å². The number of hydrogen-bond acceptors (Lipinski definition) is 6. The number of phenolic OH excluding ortho intramolecular Hbond substituents is 3. The average molecular weight is 261 g/mol. The normalized spacial score (nSPS) is 11.8. The van der Waals surface area contributed by atoms with Crippen molar-refractivity contribution in [3.8, 4) is 39.9 Å². The Labute approximate surface area is 108 Å². The van der Waals surface area contributed by atoms with Crippen molar-refractivity contribution in [1.29, 1.82) is 0 Å². The fourth-order valence-electron chi connectivity index (χ4n) is 2.11. The summed E-state index contributed by atoms with van der Waals surface area (Å²) in [6.45, 7) is 0. The van der Waals surface area contributed by atoms with Crippen LogP contribution in [0.2, 0.25) is 0 Å². The highest BCUT2D eigenvalue weighted by atomic mass is 16.7. The summed E-state index contributed by atoms with van der Waals surface area (Å²) in [4.78, 5) is 5.21. The van der Waals surface area contributed by atoms with Gasteiger partial charge in [-0.05, 0) is 6.07 Å². The lowest BCUT2D eigenvalue weighted by molar-refractivity contribution is 0.313. The number of methoxy groups -OCH3 is 1. The molecule has 0 aromatic heterocycles. The van der Waals surface area contributed by atoms with E-state index in [0.29, 0.717) is 16.8 Å². The third-order valence-corrected chi connectivity index (χ3v) is 3.00.